The summed E-state index contributed by atoms with van der Waals surface area (Å²) >= 11 is 0. The Balaban J connectivity index is 1.62. The highest BCUT2D eigenvalue weighted by atomic mass is 16.2. The fourth-order valence-corrected chi connectivity index (χ4v) is 3.05. The van der Waals surface area contributed by atoms with E-state index in [4.69, 9.17) is 0 Å². The van der Waals surface area contributed by atoms with Crippen molar-refractivity contribution < 1.29 is 4.79 Å². The van der Waals surface area contributed by atoms with E-state index in [9.17, 15) is 4.79 Å². The Bertz CT molecular complexity index is 429. The molecule has 0 unspecified atom stereocenters. The van der Waals surface area contributed by atoms with Crippen LogP contribution in [0.4, 0.5) is 0 Å². The summed E-state index contributed by atoms with van der Waals surface area (Å²) < 4.78 is 0. The maximum absolute atomic E-state index is 12.2. The number of nitrogens with zero attached hydrogens (tertiary/aromatic N) is 2. The van der Waals surface area contributed by atoms with Gasteiger partial charge in [-0.1, -0.05) is 12.1 Å². The molecule has 2 aliphatic heterocycles. The van der Waals surface area contributed by atoms with Gasteiger partial charge < -0.3 is 4.90 Å². The molecule has 0 aromatic heterocycles. The van der Waals surface area contributed by atoms with Gasteiger partial charge in [0.15, 0.2) is 0 Å². The van der Waals surface area contributed by atoms with E-state index >= 15 is 0 Å². The zero-order chi connectivity index (χ0) is 13.1. The lowest BCUT2D eigenvalue weighted by atomic mass is 10.1. The van der Waals surface area contributed by atoms with E-state index in [1.54, 1.807) is 0 Å². The molecule has 0 radical (unpaired) electrons. The molecule has 0 bridgehead atoms. The molecule has 2 fully saturated rings. The van der Waals surface area contributed by atoms with Crippen molar-refractivity contribution in [3.63, 3.8) is 0 Å². The molecule has 0 spiro atoms. The molecule has 3 heteroatoms. The SMILES string of the molecule is O=C(c1ccc(CN2CCCC2)cc1)N1CCCC1. The van der Waals surface area contributed by atoms with Crippen LogP contribution in [0.5, 0.6) is 0 Å². The lowest BCUT2D eigenvalue weighted by Crippen LogP contribution is -2.27. The molecule has 3 rings (SSSR count). The fraction of sp³-hybridized carbons (Fsp3) is 0.562. The summed E-state index contributed by atoms with van der Waals surface area (Å²) in [5, 5.41) is 0. The van der Waals surface area contributed by atoms with Crippen LogP contribution in [0.25, 0.3) is 0 Å². The predicted octanol–water partition coefficient (Wildman–Crippen LogP) is 2.52. The predicted molar refractivity (Wildman–Crippen MR) is 76.1 cm³/mol. The van der Waals surface area contributed by atoms with Gasteiger partial charge in [0, 0.05) is 25.2 Å². The van der Waals surface area contributed by atoms with Gasteiger partial charge in [0.2, 0.25) is 0 Å². The van der Waals surface area contributed by atoms with Gasteiger partial charge in [0.25, 0.3) is 5.91 Å². The highest BCUT2D eigenvalue weighted by molar-refractivity contribution is 5.94. The Labute approximate surface area is 115 Å². The highest BCUT2D eigenvalue weighted by Crippen LogP contribution is 2.16. The van der Waals surface area contributed by atoms with Crippen LogP contribution >= 0.6 is 0 Å². The first-order valence-corrected chi connectivity index (χ1v) is 7.43. The molecule has 0 N–H and O–H groups in total. The van der Waals surface area contributed by atoms with E-state index in [1.807, 2.05) is 17.0 Å². The molecule has 0 atom stereocenters. The molecule has 3 nitrogen and oxygen atoms in total. The average Bonchev–Trinajstić information content (AvgIpc) is 3.12. The summed E-state index contributed by atoms with van der Waals surface area (Å²) in [6.45, 7) is 5.31. The lowest BCUT2D eigenvalue weighted by Gasteiger charge is -2.17. The summed E-state index contributed by atoms with van der Waals surface area (Å²) in [7, 11) is 0. The second kappa shape index (κ2) is 5.74. The van der Waals surface area contributed by atoms with Crippen molar-refractivity contribution in [2.24, 2.45) is 0 Å². The molecule has 0 saturated carbocycles. The lowest BCUT2D eigenvalue weighted by molar-refractivity contribution is 0.0793. The summed E-state index contributed by atoms with van der Waals surface area (Å²) in [5.41, 5.74) is 2.16. The Morgan fingerprint density at radius 2 is 1.47 bits per heavy atom. The maximum atomic E-state index is 12.2. The van der Waals surface area contributed by atoms with Crippen molar-refractivity contribution in [1.29, 1.82) is 0 Å². The molecule has 19 heavy (non-hydrogen) atoms. The third-order valence-electron chi connectivity index (χ3n) is 4.20. The summed E-state index contributed by atoms with van der Waals surface area (Å²) in [5.74, 6) is 0.199. The van der Waals surface area contributed by atoms with Gasteiger partial charge >= 0.3 is 0 Å². The minimum absolute atomic E-state index is 0.199. The zero-order valence-corrected chi connectivity index (χ0v) is 11.5. The van der Waals surface area contributed by atoms with Gasteiger partial charge in [-0.25, -0.2) is 0 Å². The largest absolute Gasteiger partial charge is 0.339 e. The van der Waals surface area contributed by atoms with Gasteiger partial charge in [0.1, 0.15) is 0 Å². The van der Waals surface area contributed by atoms with Crippen LogP contribution in [-0.4, -0.2) is 41.9 Å². The smallest absolute Gasteiger partial charge is 0.253 e. The normalized spacial score (nSPS) is 20.1. The van der Waals surface area contributed by atoms with Gasteiger partial charge in [-0.2, -0.15) is 0 Å². The number of rotatable bonds is 3. The number of carbonyl (C=O) groups is 1. The van der Waals surface area contributed by atoms with Crippen LogP contribution < -0.4 is 0 Å². The van der Waals surface area contributed by atoms with Gasteiger partial charge in [-0.05, 0) is 56.5 Å². The van der Waals surface area contributed by atoms with Gasteiger partial charge in [-0.3, -0.25) is 9.69 Å². The molecule has 0 aliphatic carbocycles. The van der Waals surface area contributed by atoms with E-state index in [-0.39, 0.29) is 5.91 Å². The van der Waals surface area contributed by atoms with E-state index in [0.717, 1.165) is 38.0 Å². The highest BCUT2D eigenvalue weighted by Gasteiger charge is 2.19. The van der Waals surface area contributed by atoms with Crippen LogP contribution in [0.3, 0.4) is 0 Å². The van der Waals surface area contributed by atoms with E-state index in [0.29, 0.717) is 0 Å². The Kier molecular flexibility index (Phi) is 3.83. The molecule has 2 aliphatic rings. The van der Waals surface area contributed by atoms with Crippen LogP contribution in [0.1, 0.15) is 41.6 Å². The first-order valence-electron chi connectivity index (χ1n) is 7.43. The summed E-state index contributed by atoms with van der Waals surface area (Å²) in [6.07, 6.45) is 4.95. The standard InChI is InChI=1S/C16H22N2O/c19-16(18-11-3-4-12-18)15-7-5-14(6-8-15)13-17-9-1-2-10-17/h5-8H,1-4,9-13H2. The Hall–Kier alpha value is -1.35. The van der Waals surface area contributed by atoms with Crippen molar-refractivity contribution in [1.82, 2.24) is 9.80 Å². The van der Waals surface area contributed by atoms with Crippen molar-refractivity contribution in [3.05, 3.63) is 35.4 Å². The van der Waals surface area contributed by atoms with Crippen LogP contribution in [0.2, 0.25) is 0 Å². The number of likely N-dealkylation sites (tertiary alicyclic amines) is 2. The van der Waals surface area contributed by atoms with Crippen molar-refractivity contribution in [2.75, 3.05) is 26.2 Å². The third-order valence-corrected chi connectivity index (χ3v) is 4.20. The van der Waals surface area contributed by atoms with E-state index in [1.165, 1.54) is 31.5 Å². The molecule has 102 valence electrons. The van der Waals surface area contributed by atoms with Crippen LogP contribution in [0.15, 0.2) is 24.3 Å². The molecular weight excluding hydrogens is 236 g/mol. The molecule has 1 aromatic carbocycles. The maximum Gasteiger partial charge on any atom is 0.253 e. The first-order chi connectivity index (χ1) is 9.33. The first kappa shape index (κ1) is 12.7. The minimum atomic E-state index is 0.199. The molecule has 1 aromatic rings. The van der Waals surface area contributed by atoms with E-state index in [2.05, 4.69) is 17.0 Å². The molecule has 1 amide bonds. The second-order valence-corrected chi connectivity index (χ2v) is 5.68. The number of hydrogen-bond acceptors (Lipinski definition) is 2. The Morgan fingerprint density at radius 1 is 0.895 bits per heavy atom. The summed E-state index contributed by atoms with van der Waals surface area (Å²) in [4.78, 5) is 16.7. The topological polar surface area (TPSA) is 23.6 Å². The summed E-state index contributed by atoms with van der Waals surface area (Å²) in [6, 6.07) is 8.21. The number of amides is 1. The zero-order valence-electron chi connectivity index (χ0n) is 11.5. The minimum Gasteiger partial charge on any atom is -0.339 e. The van der Waals surface area contributed by atoms with Crippen LogP contribution in [0, 0.1) is 0 Å². The van der Waals surface area contributed by atoms with Gasteiger partial charge in [-0.15, -0.1) is 0 Å². The second-order valence-electron chi connectivity index (χ2n) is 5.68. The van der Waals surface area contributed by atoms with Crippen molar-refractivity contribution in [2.45, 2.75) is 32.2 Å². The van der Waals surface area contributed by atoms with E-state index < -0.39 is 0 Å². The average molecular weight is 258 g/mol. The van der Waals surface area contributed by atoms with Crippen molar-refractivity contribution >= 4 is 5.91 Å². The third kappa shape index (κ3) is 2.98. The van der Waals surface area contributed by atoms with Gasteiger partial charge in [0.05, 0.1) is 0 Å². The molecular formula is C16H22N2O. The number of carbonyl (C=O) groups excluding carboxylic acids is 1. The quantitative estimate of drug-likeness (QED) is 0.831. The molecule has 2 saturated heterocycles. The number of hydrogen-bond donors (Lipinski definition) is 0. The number of benzene rings is 1. The Morgan fingerprint density at radius 3 is 2.11 bits per heavy atom. The van der Waals surface area contributed by atoms with Crippen molar-refractivity contribution in [3.8, 4) is 0 Å². The molecule has 2 heterocycles. The van der Waals surface area contributed by atoms with Crippen LogP contribution in [-0.2, 0) is 6.54 Å². The monoisotopic (exact) mass is 258 g/mol. The fourth-order valence-electron chi connectivity index (χ4n) is 3.05.